The number of hydrogen-bond acceptors (Lipinski definition) is 6. The van der Waals surface area contributed by atoms with Gasteiger partial charge in [-0.05, 0) is 43.4 Å². The van der Waals surface area contributed by atoms with E-state index in [-0.39, 0.29) is 25.3 Å². The van der Waals surface area contributed by atoms with Crippen LogP contribution in [0.4, 0.5) is 0 Å². The molecule has 0 spiro atoms. The van der Waals surface area contributed by atoms with Crippen LogP contribution in [-0.4, -0.2) is 65.0 Å². The Bertz CT molecular complexity index is 1040. The molecule has 9 N–H and O–H groups in total. The summed E-state index contributed by atoms with van der Waals surface area (Å²) in [7, 11) is 0. The molecule has 1 aromatic carbocycles. The number of aromatic nitrogens is 1. The van der Waals surface area contributed by atoms with Crippen molar-refractivity contribution >= 4 is 34.6 Å². The van der Waals surface area contributed by atoms with Crippen LogP contribution in [0.25, 0.3) is 10.9 Å². The predicted molar refractivity (Wildman–Crippen MR) is 137 cm³/mol. The zero-order valence-electron chi connectivity index (χ0n) is 20.9. The predicted octanol–water partition coefficient (Wildman–Crippen LogP) is 0.383. The van der Waals surface area contributed by atoms with Gasteiger partial charge in [0.15, 0.2) is 0 Å². The van der Waals surface area contributed by atoms with E-state index in [9.17, 15) is 24.3 Å². The lowest BCUT2D eigenvalue weighted by Crippen LogP contribution is -2.54. The SMILES string of the molecule is CCC(C)C(N)C(=O)NCC(=O)NC(Cc1c[nH]c2ccccc12)C(=O)NC(CCCCN)C(=O)O. The van der Waals surface area contributed by atoms with Crippen molar-refractivity contribution in [2.45, 2.75) is 64.1 Å². The first-order valence-electron chi connectivity index (χ1n) is 12.3. The molecule has 0 radical (unpaired) electrons. The number of carboxylic acids is 1. The zero-order valence-corrected chi connectivity index (χ0v) is 20.9. The van der Waals surface area contributed by atoms with E-state index in [0.29, 0.717) is 25.8 Å². The number of carbonyl (C=O) groups excluding carboxylic acids is 3. The standard InChI is InChI=1S/C25H38N6O5/c1-3-15(2)22(27)24(34)29-14-21(32)30-20(12-16-13-28-18-9-5-4-8-17(16)18)23(33)31-19(25(35)36)10-6-7-11-26/h4-5,8-9,13,15,19-20,22,28H,3,6-7,10-12,14,26-27H2,1-2H3,(H,29,34)(H,30,32)(H,31,33)(H,35,36). The van der Waals surface area contributed by atoms with Gasteiger partial charge in [0.2, 0.25) is 17.7 Å². The fraction of sp³-hybridized carbons (Fsp3) is 0.520. The molecule has 36 heavy (non-hydrogen) atoms. The lowest BCUT2D eigenvalue weighted by Gasteiger charge is -2.22. The molecule has 0 saturated carbocycles. The number of carbonyl (C=O) groups is 4. The van der Waals surface area contributed by atoms with Gasteiger partial charge in [0, 0.05) is 23.5 Å². The summed E-state index contributed by atoms with van der Waals surface area (Å²) >= 11 is 0. The monoisotopic (exact) mass is 502 g/mol. The minimum absolute atomic E-state index is 0.0549. The number of aliphatic carboxylic acids is 1. The Kier molecular flexibility index (Phi) is 11.4. The number of amides is 3. The highest BCUT2D eigenvalue weighted by atomic mass is 16.4. The second-order valence-electron chi connectivity index (χ2n) is 9.00. The van der Waals surface area contributed by atoms with Gasteiger partial charge in [0.25, 0.3) is 0 Å². The number of para-hydroxylation sites is 1. The maximum absolute atomic E-state index is 13.1. The molecule has 4 atom stereocenters. The molecule has 4 unspecified atom stereocenters. The van der Waals surface area contributed by atoms with Gasteiger partial charge in [-0.15, -0.1) is 0 Å². The van der Waals surface area contributed by atoms with Crippen LogP contribution >= 0.6 is 0 Å². The number of nitrogens with two attached hydrogens (primary N) is 2. The van der Waals surface area contributed by atoms with Gasteiger partial charge >= 0.3 is 5.97 Å². The van der Waals surface area contributed by atoms with Crippen molar-refractivity contribution in [3.05, 3.63) is 36.0 Å². The van der Waals surface area contributed by atoms with Crippen LogP contribution in [0.15, 0.2) is 30.5 Å². The van der Waals surface area contributed by atoms with E-state index < -0.39 is 41.8 Å². The van der Waals surface area contributed by atoms with Crippen molar-refractivity contribution in [3.8, 4) is 0 Å². The van der Waals surface area contributed by atoms with E-state index in [2.05, 4.69) is 20.9 Å². The molecule has 1 heterocycles. The molecule has 0 saturated heterocycles. The molecule has 0 aliphatic carbocycles. The van der Waals surface area contributed by atoms with Crippen molar-refractivity contribution < 1.29 is 24.3 Å². The largest absolute Gasteiger partial charge is 0.480 e. The van der Waals surface area contributed by atoms with Crippen LogP contribution in [0.2, 0.25) is 0 Å². The summed E-state index contributed by atoms with van der Waals surface area (Å²) in [6.07, 6.45) is 3.97. The Morgan fingerprint density at radius 2 is 1.78 bits per heavy atom. The molecule has 0 bridgehead atoms. The third kappa shape index (κ3) is 8.35. The highest BCUT2D eigenvalue weighted by Crippen LogP contribution is 2.19. The number of carboxylic acid groups (broad SMARTS) is 1. The minimum atomic E-state index is -1.16. The number of hydrogen-bond donors (Lipinski definition) is 7. The van der Waals surface area contributed by atoms with E-state index in [1.54, 1.807) is 6.20 Å². The Morgan fingerprint density at radius 3 is 2.44 bits per heavy atom. The van der Waals surface area contributed by atoms with Crippen LogP contribution in [0.5, 0.6) is 0 Å². The second kappa shape index (κ2) is 14.2. The summed E-state index contributed by atoms with van der Waals surface area (Å²) in [6.45, 7) is 3.82. The lowest BCUT2D eigenvalue weighted by molar-refractivity contribution is -0.142. The molecule has 2 rings (SSSR count). The first-order chi connectivity index (χ1) is 17.2. The van der Waals surface area contributed by atoms with Gasteiger partial charge < -0.3 is 37.5 Å². The van der Waals surface area contributed by atoms with Gasteiger partial charge in [-0.3, -0.25) is 14.4 Å². The van der Waals surface area contributed by atoms with Crippen LogP contribution in [0.1, 0.15) is 45.1 Å². The van der Waals surface area contributed by atoms with Crippen molar-refractivity contribution in [1.29, 1.82) is 0 Å². The zero-order chi connectivity index (χ0) is 26.7. The fourth-order valence-electron chi connectivity index (χ4n) is 3.80. The van der Waals surface area contributed by atoms with E-state index in [1.165, 1.54) is 0 Å². The number of benzene rings is 1. The number of nitrogens with one attached hydrogen (secondary N) is 4. The molecule has 11 nitrogen and oxygen atoms in total. The number of H-pyrrole nitrogens is 1. The lowest BCUT2D eigenvalue weighted by atomic mass is 9.99. The minimum Gasteiger partial charge on any atom is -0.480 e. The van der Waals surface area contributed by atoms with Gasteiger partial charge in [0.1, 0.15) is 12.1 Å². The number of rotatable bonds is 15. The molecule has 3 amide bonds. The Balaban J connectivity index is 2.14. The van der Waals surface area contributed by atoms with Crippen molar-refractivity contribution in [3.63, 3.8) is 0 Å². The quantitative estimate of drug-likeness (QED) is 0.171. The van der Waals surface area contributed by atoms with Gasteiger partial charge in [-0.2, -0.15) is 0 Å². The molecule has 198 valence electrons. The van der Waals surface area contributed by atoms with Crippen LogP contribution in [0, 0.1) is 5.92 Å². The average molecular weight is 503 g/mol. The van der Waals surface area contributed by atoms with E-state index in [1.807, 2.05) is 38.1 Å². The molecular formula is C25H38N6O5. The highest BCUT2D eigenvalue weighted by molar-refractivity contribution is 5.93. The van der Waals surface area contributed by atoms with Gasteiger partial charge in [0.05, 0.1) is 12.6 Å². The summed E-state index contributed by atoms with van der Waals surface area (Å²) in [4.78, 5) is 52.9. The maximum atomic E-state index is 13.1. The fourth-order valence-corrected chi connectivity index (χ4v) is 3.80. The van der Waals surface area contributed by atoms with Crippen LogP contribution in [0.3, 0.4) is 0 Å². The second-order valence-corrected chi connectivity index (χ2v) is 9.00. The average Bonchev–Trinajstić information content (AvgIpc) is 3.27. The Labute approximate surface area is 210 Å². The van der Waals surface area contributed by atoms with Gasteiger partial charge in [-0.1, -0.05) is 38.5 Å². The Hall–Kier alpha value is -3.44. The van der Waals surface area contributed by atoms with E-state index in [0.717, 1.165) is 16.5 Å². The summed E-state index contributed by atoms with van der Waals surface area (Å²) in [5.74, 6) is -2.89. The smallest absolute Gasteiger partial charge is 0.326 e. The topological polar surface area (TPSA) is 192 Å². The Morgan fingerprint density at radius 1 is 1.06 bits per heavy atom. The van der Waals surface area contributed by atoms with E-state index >= 15 is 0 Å². The van der Waals surface area contributed by atoms with Crippen LogP contribution < -0.4 is 27.4 Å². The summed E-state index contributed by atoms with van der Waals surface area (Å²) in [5.41, 5.74) is 13.0. The molecule has 0 aliphatic rings. The molecule has 0 aliphatic heterocycles. The van der Waals surface area contributed by atoms with Crippen molar-refractivity contribution in [1.82, 2.24) is 20.9 Å². The number of fused-ring (bicyclic) bond motifs is 1. The number of unbranched alkanes of at least 4 members (excludes halogenated alkanes) is 1. The third-order valence-electron chi connectivity index (χ3n) is 6.30. The van der Waals surface area contributed by atoms with Crippen molar-refractivity contribution in [2.75, 3.05) is 13.1 Å². The normalized spacial score (nSPS) is 14.4. The molecular weight excluding hydrogens is 464 g/mol. The molecule has 2 aromatic rings. The first kappa shape index (κ1) is 28.8. The van der Waals surface area contributed by atoms with Gasteiger partial charge in [-0.25, -0.2) is 4.79 Å². The highest BCUT2D eigenvalue weighted by Gasteiger charge is 2.28. The third-order valence-corrected chi connectivity index (χ3v) is 6.30. The van der Waals surface area contributed by atoms with E-state index in [4.69, 9.17) is 11.5 Å². The molecule has 1 aromatic heterocycles. The summed E-state index contributed by atoms with van der Waals surface area (Å²) < 4.78 is 0. The molecule has 11 heteroatoms. The van der Waals surface area contributed by atoms with Crippen molar-refractivity contribution in [2.24, 2.45) is 17.4 Å². The maximum Gasteiger partial charge on any atom is 0.326 e. The summed E-state index contributed by atoms with van der Waals surface area (Å²) in [5, 5.41) is 18.1. The first-order valence-corrected chi connectivity index (χ1v) is 12.3. The molecule has 0 fully saturated rings. The summed E-state index contributed by atoms with van der Waals surface area (Å²) in [6, 6.07) is 4.59. The van der Waals surface area contributed by atoms with Crippen LogP contribution in [-0.2, 0) is 25.6 Å². The number of aromatic amines is 1.